The first-order valence-corrected chi connectivity index (χ1v) is 8.09. The largest absolute Gasteiger partial charge is 0.350 e. The summed E-state index contributed by atoms with van der Waals surface area (Å²) in [5.74, 6) is 0.266. The highest BCUT2D eigenvalue weighted by molar-refractivity contribution is 6.03. The van der Waals surface area contributed by atoms with Crippen LogP contribution in [-0.2, 0) is 6.54 Å². The topological polar surface area (TPSA) is 66.9 Å². The second-order valence-corrected chi connectivity index (χ2v) is 5.96. The highest BCUT2D eigenvalue weighted by atomic mass is 16.1. The summed E-state index contributed by atoms with van der Waals surface area (Å²) in [6, 6.07) is 15.9. The summed E-state index contributed by atoms with van der Waals surface area (Å²) in [6.07, 6.45) is 3.05. The average Bonchev–Trinajstić information content (AvgIpc) is 2.62. The first-order valence-electron chi connectivity index (χ1n) is 8.09. The molecule has 0 aliphatic heterocycles. The normalized spacial score (nSPS) is 10.3. The highest BCUT2D eigenvalue weighted by Crippen LogP contribution is 2.11. The molecule has 0 saturated carbocycles. The van der Waals surface area contributed by atoms with E-state index >= 15 is 0 Å². The molecule has 0 saturated heterocycles. The number of nitrogens with zero attached hydrogens (tertiary/aromatic N) is 2. The molecule has 5 heteroatoms. The van der Waals surface area contributed by atoms with Crippen LogP contribution in [0.5, 0.6) is 0 Å². The second kappa shape index (κ2) is 7.57. The third-order valence-corrected chi connectivity index (χ3v) is 3.76. The van der Waals surface area contributed by atoms with Crippen LogP contribution in [0.15, 0.2) is 60.9 Å². The number of amides is 1. The molecule has 2 N–H and O–H groups in total. The summed E-state index contributed by atoms with van der Waals surface area (Å²) < 4.78 is 0. The average molecular weight is 332 g/mol. The molecule has 0 radical (unpaired) electrons. The van der Waals surface area contributed by atoms with Crippen molar-refractivity contribution >= 4 is 17.5 Å². The minimum absolute atomic E-state index is 0.228. The van der Waals surface area contributed by atoms with Gasteiger partial charge in [0, 0.05) is 24.6 Å². The van der Waals surface area contributed by atoms with Gasteiger partial charge in [0.05, 0.1) is 5.56 Å². The van der Waals surface area contributed by atoms with Crippen LogP contribution in [-0.4, -0.2) is 15.9 Å². The van der Waals surface area contributed by atoms with Crippen LogP contribution in [0.25, 0.3) is 0 Å². The Hall–Kier alpha value is -3.21. The SMILES string of the molecule is Cc1ccc(NC(=O)c2cnc(NCc3cccc(C)c3)nc2)cc1. The molecule has 0 unspecified atom stereocenters. The molecule has 0 spiro atoms. The van der Waals surface area contributed by atoms with Gasteiger partial charge in [0.1, 0.15) is 0 Å². The van der Waals surface area contributed by atoms with Crippen molar-refractivity contribution in [2.24, 2.45) is 0 Å². The van der Waals surface area contributed by atoms with Gasteiger partial charge in [-0.15, -0.1) is 0 Å². The van der Waals surface area contributed by atoms with Gasteiger partial charge < -0.3 is 10.6 Å². The van der Waals surface area contributed by atoms with Crippen LogP contribution in [0.2, 0.25) is 0 Å². The zero-order valence-corrected chi connectivity index (χ0v) is 14.3. The van der Waals surface area contributed by atoms with Gasteiger partial charge in [0.2, 0.25) is 5.95 Å². The Labute approximate surface area is 147 Å². The second-order valence-electron chi connectivity index (χ2n) is 5.96. The van der Waals surface area contributed by atoms with E-state index in [1.54, 1.807) is 0 Å². The summed E-state index contributed by atoms with van der Waals surface area (Å²) in [5.41, 5.74) is 4.68. The fraction of sp³-hybridized carbons (Fsp3) is 0.150. The number of aryl methyl sites for hydroxylation is 2. The molecular formula is C20H20N4O. The van der Waals surface area contributed by atoms with Crippen molar-refractivity contribution in [2.75, 3.05) is 10.6 Å². The van der Waals surface area contributed by atoms with Crippen LogP contribution >= 0.6 is 0 Å². The molecule has 1 aromatic heterocycles. The summed E-state index contributed by atoms with van der Waals surface area (Å²) in [6.45, 7) is 4.69. The van der Waals surface area contributed by atoms with Gasteiger partial charge in [-0.1, -0.05) is 47.5 Å². The molecule has 1 amide bonds. The quantitative estimate of drug-likeness (QED) is 0.742. The Bertz CT molecular complexity index is 858. The van der Waals surface area contributed by atoms with E-state index in [2.05, 4.69) is 39.7 Å². The van der Waals surface area contributed by atoms with Crippen molar-refractivity contribution in [3.63, 3.8) is 0 Å². The third kappa shape index (κ3) is 4.64. The van der Waals surface area contributed by atoms with Gasteiger partial charge in [-0.25, -0.2) is 9.97 Å². The Morgan fingerprint density at radius 3 is 2.36 bits per heavy atom. The summed E-state index contributed by atoms with van der Waals surface area (Å²) in [4.78, 5) is 20.6. The van der Waals surface area contributed by atoms with E-state index in [-0.39, 0.29) is 5.91 Å². The van der Waals surface area contributed by atoms with E-state index < -0.39 is 0 Å². The molecule has 0 aliphatic carbocycles. The van der Waals surface area contributed by atoms with E-state index in [0.29, 0.717) is 18.1 Å². The zero-order chi connectivity index (χ0) is 17.6. The van der Waals surface area contributed by atoms with Crippen LogP contribution < -0.4 is 10.6 Å². The molecule has 3 aromatic rings. The lowest BCUT2D eigenvalue weighted by atomic mass is 10.1. The lowest BCUT2D eigenvalue weighted by molar-refractivity contribution is 0.102. The minimum Gasteiger partial charge on any atom is -0.350 e. The van der Waals surface area contributed by atoms with E-state index in [1.807, 2.05) is 43.3 Å². The maximum absolute atomic E-state index is 12.2. The predicted molar refractivity (Wildman–Crippen MR) is 99.7 cm³/mol. The number of carbonyl (C=O) groups excluding carboxylic acids is 1. The smallest absolute Gasteiger partial charge is 0.258 e. The Balaban J connectivity index is 1.59. The number of hydrogen-bond acceptors (Lipinski definition) is 4. The summed E-state index contributed by atoms with van der Waals surface area (Å²) in [7, 11) is 0. The number of carbonyl (C=O) groups is 1. The van der Waals surface area contributed by atoms with Crippen molar-refractivity contribution < 1.29 is 4.79 Å². The van der Waals surface area contributed by atoms with Crippen molar-refractivity contribution in [1.29, 1.82) is 0 Å². The van der Waals surface area contributed by atoms with E-state index in [1.165, 1.54) is 18.0 Å². The standard InChI is InChI=1S/C20H20N4O/c1-14-6-8-18(9-7-14)24-19(25)17-12-22-20(23-13-17)21-11-16-5-3-4-15(2)10-16/h3-10,12-13H,11H2,1-2H3,(H,24,25)(H,21,22,23). The Morgan fingerprint density at radius 2 is 1.68 bits per heavy atom. The van der Waals surface area contributed by atoms with Gasteiger partial charge in [-0.05, 0) is 31.5 Å². The lowest BCUT2D eigenvalue weighted by Gasteiger charge is -2.07. The third-order valence-electron chi connectivity index (χ3n) is 3.76. The number of aromatic nitrogens is 2. The molecule has 0 atom stereocenters. The minimum atomic E-state index is -0.228. The van der Waals surface area contributed by atoms with Gasteiger partial charge in [0.25, 0.3) is 5.91 Å². The molecule has 0 aliphatic rings. The van der Waals surface area contributed by atoms with Gasteiger partial charge in [-0.2, -0.15) is 0 Å². The predicted octanol–water partition coefficient (Wildman–Crippen LogP) is 3.96. The van der Waals surface area contributed by atoms with Crippen LogP contribution in [0, 0.1) is 13.8 Å². The Morgan fingerprint density at radius 1 is 0.960 bits per heavy atom. The van der Waals surface area contributed by atoms with Gasteiger partial charge >= 0.3 is 0 Å². The van der Waals surface area contributed by atoms with Crippen molar-refractivity contribution in [3.05, 3.63) is 83.2 Å². The van der Waals surface area contributed by atoms with E-state index in [9.17, 15) is 4.79 Å². The fourth-order valence-electron chi connectivity index (χ4n) is 2.38. The van der Waals surface area contributed by atoms with Crippen molar-refractivity contribution in [2.45, 2.75) is 20.4 Å². The van der Waals surface area contributed by atoms with Gasteiger partial charge in [0.15, 0.2) is 0 Å². The molecule has 25 heavy (non-hydrogen) atoms. The van der Waals surface area contributed by atoms with E-state index in [4.69, 9.17) is 0 Å². The highest BCUT2D eigenvalue weighted by Gasteiger charge is 2.07. The van der Waals surface area contributed by atoms with Crippen LogP contribution in [0.1, 0.15) is 27.0 Å². The molecule has 1 heterocycles. The maximum Gasteiger partial charge on any atom is 0.258 e. The van der Waals surface area contributed by atoms with Crippen LogP contribution in [0.3, 0.4) is 0 Å². The number of anilines is 2. The monoisotopic (exact) mass is 332 g/mol. The van der Waals surface area contributed by atoms with Crippen molar-refractivity contribution in [1.82, 2.24) is 9.97 Å². The Kier molecular flexibility index (Phi) is 5.04. The molecule has 3 rings (SSSR count). The fourth-order valence-corrected chi connectivity index (χ4v) is 2.38. The van der Waals surface area contributed by atoms with E-state index in [0.717, 1.165) is 16.8 Å². The first-order chi connectivity index (χ1) is 12.1. The van der Waals surface area contributed by atoms with Gasteiger partial charge in [-0.3, -0.25) is 4.79 Å². The number of hydrogen-bond donors (Lipinski definition) is 2. The number of rotatable bonds is 5. The summed E-state index contributed by atoms with van der Waals surface area (Å²) in [5, 5.41) is 5.99. The first kappa shape index (κ1) is 16.6. The van der Waals surface area contributed by atoms with Crippen LogP contribution in [0.4, 0.5) is 11.6 Å². The maximum atomic E-state index is 12.2. The molecular weight excluding hydrogens is 312 g/mol. The molecule has 0 fully saturated rings. The molecule has 5 nitrogen and oxygen atoms in total. The number of benzene rings is 2. The molecule has 2 aromatic carbocycles. The molecule has 0 bridgehead atoms. The zero-order valence-electron chi connectivity index (χ0n) is 14.3. The molecule has 126 valence electrons. The lowest BCUT2D eigenvalue weighted by Crippen LogP contribution is -2.13. The number of nitrogens with one attached hydrogen (secondary N) is 2. The summed E-state index contributed by atoms with van der Waals surface area (Å²) >= 11 is 0. The van der Waals surface area contributed by atoms with Crippen molar-refractivity contribution in [3.8, 4) is 0 Å².